The maximum atomic E-state index is 11.9. The number of amides is 1. The lowest BCUT2D eigenvalue weighted by Crippen LogP contribution is -2.43. The summed E-state index contributed by atoms with van der Waals surface area (Å²) in [4.78, 5) is 20.0. The topological polar surface area (TPSA) is 66.4 Å². The minimum atomic E-state index is -0.0332. The van der Waals surface area contributed by atoms with Crippen molar-refractivity contribution in [2.75, 3.05) is 41.9 Å². The number of aryl methyl sites for hydroxylation is 1. The Balaban J connectivity index is 3.06. The Labute approximate surface area is 163 Å². The molecule has 7 heteroatoms. The molecule has 0 saturated heterocycles. The van der Waals surface area contributed by atoms with E-state index in [1.807, 2.05) is 31.0 Å². The van der Waals surface area contributed by atoms with Gasteiger partial charge in [-0.1, -0.05) is 6.92 Å². The van der Waals surface area contributed by atoms with Gasteiger partial charge in [-0.05, 0) is 43.5 Å². The molecule has 1 amide bonds. The molecule has 1 atom stereocenters. The molecule has 7 nitrogen and oxygen atoms in total. The average Bonchev–Trinajstić information content (AvgIpc) is 2.65. The van der Waals surface area contributed by atoms with Gasteiger partial charge in [-0.3, -0.25) is 4.79 Å². The van der Waals surface area contributed by atoms with Gasteiger partial charge in [0.05, 0.1) is 14.2 Å². The maximum Gasteiger partial charge on any atom is 0.243 e. The van der Waals surface area contributed by atoms with E-state index in [0.717, 1.165) is 17.5 Å². The molecule has 0 saturated carbocycles. The van der Waals surface area contributed by atoms with Crippen LogP contribution in [0.15, 0.2) is 17.1 Å². The highest BCUT2D eigenvalue weighted by Crippen LogP contribution is 2.30. The van der Waals surface area contributed by atoms with Crippen molar-refractivity contribution < 1.29 is 14.3 Å². The van der Waals surface area contributed by atoms with Gasteiger partial charge in [0.1, 0.15) is 6.54 Å². The molecule has 0 aliphatic rings. The normalized spacial score (nSPS) is 12.4. The van der Waals surface area contributed by atoms with E-state index in [0.29, 0.717) is 24.0 Å². The molecular formula is C20H34N4O3. The SMILES string of the molecule is CCC(C)NC(=NCC(=O)N(C)C)N(C)Cc1cc(OC)c(OC)cc1C. The second kappa shape index (κ2) is 10.6. The molecule has 1 aromatic rings. The van der Waals surface area contributed by atoms with Gasteiger partial charge in [0.2, 0.25) is 5.91 Å². The van der Waals surface area contributed by atoms with Crippen LogP contribution in [0, 0.1) is 6.92 Å². The van der Waals surface area contributed by atoms with Crippen molar-refractivity contribution in [1.29, 1.82) is 0 Å². The Morgan fingerprint density at radius 2 is 1.78 bits per heavy atom. The summed E-state index contributed by atoms with van der Waals surface area (Å²) in [5.74, 6) is 2.08. The first kappa shape index (κ1) is 22.6. The van der Waals surface area contributed by atoms with Crippen LogP contribution in [0.25, 0.3) is 0 Å². The third-order valence-electron chi connectivity index (χ3n) is 4.46. The van der Waals surface area contributed by atoms with Gasteiger partial charge in [-0.15, -0.1) is 0 Å². The summed E-state index contributed by atoms with van der Waals surface area (Å²) in [6.07, 6.45) is 0.962. The van der Waals surface area contributed by atoms with Crippen LogP contribution >= 0.6 is 0 Å². The molecule has 0 aliphatic heterocycles. The molecule has 0 bridgehead atoms. The lowest BCUT2D eigenvalue weighted by atomic mass is 10.1. The number of hydrogen-bond donors (Lipinski definition) is 1. The predicted molar refractivity (Wildman–Crippen MR) is 110 cm³/mol. The number of nitrogens with one attached hydrogen (secondary N) is 1. The molecule has 152 valence electrons. The second-order valence-electron chi connectivity index (χ2n) is 6.87. The predicted octanol–water partition coefficient (Wildman–Crippen LogP) is 2.28. The number of carbonyl (C=O) groups excluding carboxylic acids is 1. The summed E-state index contributed by atoms with van der Waals surface area (Å²) in [5.41, 5.74) is 2.21. The van der Waals surface area contributed by atoms with Crippen molar-refractivity contribution in [1.82, 2.24) is 15.1 Å². The number of guanidine groups is 1. The third kappa shape index (κ3) is 6.66. The lowest BCUT2D eigenvalue weighted by Gasteiger charge is -2.26. The van der Waals surface area contributed by atoms with Gasteiger partial charge in [-0.2, -0.15) is 0 Å². The second-order valence-corrected chi connectivity index (χ2v) is 6.87. The van der Waals surface area contributed by atoms with Crippen LogP contribution in [0.4, 0.5) is 0 Å². The van der Waals surface area contributed by atoms with Crippen molar-refractivity contribution in [2.45, 2.75) is 39.8 Å². The quantitative estimate of drug-likeness (QED) is 0.555. The largest absolute Gasteiger partial charge is 0.493 e. The Hall–Kier alpha value is -2.44. The minimum Gasteiger partial charge on any atom is -0.493 e. The van der Waals surface area contributed by atoms with Gasteiger partial charge in [0.25, 0.3) is 0 Å². The highest BCUT2D eigenvalue weighted by atomic mass is 16.5. The van der Waals surface area contributed by atoms with Crippen molar-refractivity contribution in [3.8, 4) is 11.5 Å². The molecule has 0 fully saturated rings. The third-order valence-corrected chi connectivity index (χ3v) is 4.46. The fourth-order valence-electron chi connectivity index (χ4n) is 2.41. The van der Waals surface area contributed by atoms with Crippen LogP contribution in [0.2, 0.25) is 0 Å². The number of likely N-dealkylation sites (N-methyl/N-ethyl adjacent to an activating group) is 1. The van der Waals surface area contributed by atoms with Crippen LogP contribution in [-0.2, 0) is 11.3 Å². The number of methoxy groups -OCH3 is 2. The Morgan fingerprint density at radius 1 is 1.19 bits per heavy atom. The Morgan fingerprint density at radius 3 is 2.30 bits per heavy atom. The van der Waals surface area contributed by atoms with Gasteiger partial charge < -0.3 is 24.6 Å². The molecule has 1 rings (SSSR count). The van der Waals surface area contributed by atoms with Crippen molar-refractivity contribution in [3.63, 3.8) is 0 Å². The molecular weight excluding hydrogens is 344 g/mol. The molecule has 1 unspecified atom stereocenters. The molecule has 27 heavy (non-hydrogen) atoms. The summed E-state index contributed by atoms with van der Waals surface area (Å²) in [6, 6.07) is 4.21. The summed E-state index contributed by atoms with van der Waals surface area (Å²) in [6.45, 7) is 6.99. The summed E-state index contributed by atoms with van der Waals surface area (Å²) in [5, 5.41) is 3.40. The monoisotopic (exact) mass is 378 g/mol. The van der Waals surface area contributed by atoms with Crippen LogP contribution < -0.4 is 14.8 Å². The van der Waals surface area contributed by atoms with Gasteiger partial charge >= 0.3 is 0 Å². The smallest absolute Gasteiger partial charge is 0.243 e. The zero-order chi connectivity index (χ0) is 20.6. The fourth-order valence-corrected chi connectivity index (χ4v) is 2.41. The van der Waals surface area contributed by atoms with Crippen molar-refractivity contribution in [2.24, 2.45) is 4.99 Å². The molecule has 1 aromatic carbocycles. The zero-order valence-corrected chi connectivity index (χ0v) is 17.9. The van der Waals surface area contributed by atoms with Gasteiger partial charge in [0, 0.05) is 33.7 Å². The first-order valence-electron chi connectivity index (χ1n) is 9.17. The number of ether oxygens (including phenoxy) is 2. The van der Waals surface area contributed by atoms with E-state index in [4.69, 9.17) is 9.47 Å². The van der Waals surface area contributed by atoms with E-state index in [2.05, 4.69) is 24.2 Å². The highest BCUT2D eigenvalue weighted by Gasteiger charge is 2.15. The first-order chi connectivity index (χ1) is 12.7. The van der Waals surface area contributed by atoms with Gasteiger partial charge in [0.15, 0.2) is 17.5 Å². The standard InChI is InChI=1S/C20H34N4O3/c1-9-15(3)22-20(21-12-19(25)23(4)5)24(6)13-16-11-18(27-8)17(26-7)10-14(16)2/h10-11,15H,9,12-13H2,1-8H3,(H,21,22). The van der Waals surface area contributed by atoms with Crippen LogP contribution in [0.5, 0.6) is 11.5 Å². The molecule has 0 spiro atoms. The Kier molecular flexibility index (Phi) is 8.91. The summed E-state index contributed by atoms with van der Waals surface area (Å²) >= 11 is 0. The molecule has 0 aliphatic carbocycles. The number of benzene rings is 1. The number of hydrogen-bond acceptors (Lipinski definition) is 4. The molecule has 0 aromatic heterocycles. The molecule has 0 radical (unpaired) electrons. The van der Waals surface area contributed by atoms with E-state index in [-0.39, 0.29) is 18.5 Å². The van der Waals surface area contributed by atoms with Crippen molar-refractivity contribution >= 4 is 11.9 Å². The van der Waals surface area contributed by atoms with E-state index >= 15 is 0 Å². The average molecular weight is 379 g/mol. The highest BCUT2D eigenvalue weighted by molar-refractivity contribution is 5.84. The summed E-state index contributed by atoms with van der Waals surface area (Å²) < 4.78 is 10.8. The molecule has 1 N–H and O–H groups in total. The Bertz CT molecular complexity index is 659. The van der Waals surface area contributed by atoms with E-state index < -0.39 is 0 Å². The molecule has 0 heterocycles. The van der Waals surface area contributed by atoms with Crippen LogP contribution in [0.1, 0.15) is 31.4 Å². The van der Waals surface area contributed by atoms with Gasteiger partial charge in [-0.25, -0.2) is 4.99 Å². The number of rotatable bonds is 8. The zero-order valence-electron chi connectivity index (χ0n) is 17.9. The lowest BCUT2D eigenvalue weighted by molar-refractivity contribution is -0.127. The van der Waals surface area contributed by atoms with E-state index in [1.165, 1.54) is 0 Å². The minimum absolute atomic E-state index is 0.0332. The summed E-state index contributed by atoms with van der Waals surface area (Å²) in [7, 11) is 8.69. The van der Waals surface area contributed by atoms with E-state index in [1.54, 1.807) is 33.2 Å². The van der Waals surface area contributed by atoms with Crippen LogP contribution in [-0.4, -0.2) is 69.6 Å². The number of carbonyl (C=O) groups is 1. The fraction of sp³-hybridized carbons (Fsp3) is 0.600. The van der Waals surface area contributed by atoms with E-state index in [9.17, 15) is 4.79 Å². The number of nitrogens with zero attached hydrogens (tertiary/aromatic N) is 3. The van der Waals surface area contributed by atoms with Crippen molar-refractivity contribution in [3.05, 3.63) is 23.3 Å². The first-order valence-corrected chi connectivity index (χ1v) is 9.17. The van der Waals surface area contributed by atoms with Crippen LogP contribution in [0.3, 0.4) is 0 Å². The number of aliphatic imine (C=N–C) groups is 1. The maximum absolute atomic E-state index is 11.9.